The largest absolute Gasteiger partial charge is 0.483 e. The first-order valence-electron chi connectivity index (χ1n) is 5.88. The van der Waals surface area contributed by atoms with Gasteiger partial charge in [-0.25, -0.2) is 4.39 Å². The van der Waals surface area contributed by atoms with Crippen LogP contribution in [0.3, 0.4) is 0 Å². The summed E-state index contributed by atoms with van der Waals surface area (Å²) in [6.45, 7) is 1.80. The van der Waals surface area contributed by atoms with Gasteiger partial charge in [-0.05, 0) is 31.2 Å². The maximum absolute atomic E-state index is 13.6. The van der Waals surface area contributed by atoms with Crippen molar-refractivity contribution in [2.75, 3.05) is 0 Å². The maximum Gasteiger partial charge on any atom is 0.148 e. The fourth-order valence-corrected chi connectivity index (χ4v) is 2.92. The van der Waals surface area contributed by atoms with E-state index in [0.29, 0.717) is 10.1 Å². The fraction of sp³-hybridized carbons (Fsp3) is 0.214. The van der Waals surface area contributed by atoms with Crippen molar-refractivity contribution >= 4 is 22.9 Å². The zero-order chi connectivity index (χ0) is 14.7. The number of rotatable bonds is 4. The molecule has 0 amide bonds. The summed E-state index contributed by atoms with van der Waals surface area (Å²) in [6, 6.07) is 9.18. The summed E-state index contributed by atoms with van der Waals surface area (Å²) in [5.41, 5.74) is 5.89. The van der Waals surface area contributed by atoms with E-state index >= 15 is 0 Å². The molecule has 2 atom stereocenters. The van der Waals surface area contributed by atoms with Crippen LogP contribution in [0.25, 0.3) is 0 Å². The number of nitrogens with two attached hydrogens (primary N) is 1. The highest BCUT2D eigenvalue weighted by molar-refractivity contribution is 7.16. The number of hydrogen-bond donors (Lipinski definition) is 1. The molecule has 1 aromatic carbocycles. The monoisotopic (exact) mass is 310 g/mol. The average molecular weight is 311 g/mol. The summed E-state index contributed by atoms with van der Waals surface area (Å²) in [5, 5.41) is 8.70. The van der Waals surface area contributed by atoms with Gasteiger partial charge in [-0.1, -0.05) is 11.6 Å². The van der Waals surface area contributed by atoms with E-state index < -0.39 is 11.9 Å². The molecule has 0 aliphatic rings. The highest BCUT2D eigenvalue weighted by Crippen LogP contribution is 2.32. The lowest BCUT2D eigenvalue weighted by atomic mass is 10.1. The molecule has 20 heavy (non-hydrogen) atoms. The van der Waals surface area contributed by atoms with Crippen molar-refractivity contribution in [2.45, 2.75) is 19.1 Å². The molecule has 0 aliphatic carbocycles. The summed E-state index contributed by atoms with van der Waals surface area (Å²) in [5.74, 6) is -0.286. The number of thiophene rings is 1. The molecule has 104 valence electrons. The third kappa shape index (κ3) is 3.28. The molecule has 2 rings (SSSR count). The van der Waals surface area contributed by atoms with Crippen molar-refractivity contribution in [3.8, 4) is 11.8 Å². The van der Waals surface area contributed by atoms with Gasteiger partial charge < -0.3 is 10.5 Å². The van der Waals surface area contributed by atoms with Crippen molar-refractivity contribution in [2.24, 2.45) is 5.73 Å². The molecule has 0 fully saturated rings. The van der Waals surface area contributed by atoms with Crippen LogP contribution in [0.4, 0.5) is 4.39 Å². The third-order valence-corrected chi connectivity index (χ3v) is 3.97. The van der Waals surface area contributed by atoms with Crippen molar-refractivity contribution in [1.82, 2.24) is 0 Å². The molecule has 2 unspecified atom stereocenters. The van der Waals surface area contributed by atoms with Crippen LogP contribution in [0.2, 0.25) is 4.34 Å². The Morgan fingerprint density at radius 1 is 1.40 bits per heavy atom. The van der Waals surface area contributed by atoms with E-state index in [9.17, 15) is 4.39 Å². The van der Waals surface area contributed by atoms with Crippen molar-refractivity contribution in [3.05, 3.63) is 50.9 Å². The normalized spacial score (nSPS) is 13.6. The second kappa shape index (κ2) is 6.23. The van der Waals surface area contributed by atoms with Crippen LogP contribution < -0.4 is 10.5 Å². The molecular weight excluding hydrogens is 299 g/mol. The molecule has 0 aliphatic heterocycles. The Labute approximate surface area is 125 Å². The average Bonchev–Trinajstić information content (AvgIpc) is 2.82. The highest BCUT2D eigenvalue weighted by Gasteiger charge is 2.20. The molecule has 2 N–H and O–H groups in total. The second-order valence-electron chi connectivity index (χ2n) is 4.29. The number of nitriles is 1. The number of nitrogens with zero attached hydrogens (tertiary/aromatic N) is 1. The lowest BCUT2D eigenvalue weighted by Crippen LogP contribution is -2.28. The van der Waals surface area contributed by atoms with E-state index in [0.717, 1.165) is 4.88 Å². The van der Waals surface area contributed by atoms with Crippen LogP contribution in [0.5, 0.6) is 5.75 Å². The minimum absolute atomic E-state index is 0.0196. The summed E-state index contributed by atoms with van der Waals surface area (Å²) >= 11 is 7.27. The number of ether oxygens (including phenoxy) is 1. The topological polar surface area (TPSA) is 59.0 Å². The second-order valence-corrected chi connectivity index (χ2v) is 6.04. The Kier molecular flexibility index (Phi) is 4.61. The van der Waals surface area contributed by atoms with Gasteiger partial charge in [0.25, 0.3) is 0 Å². The zero-order valence-electron chi connectivity index (χ0n) is 10.6. The summed E-state index contributed by atoms with van der Waals surface area (Å²) in [7, 11) is 0. The van der Waals surface area contributed by atoms with Gasteiger partial charge in [0.2, 0.25) is 0 Å². The van der Waals surface area contributed by atoms with Gasteiger partial charge >= 0.3 is 0 Å². The molecule has 1 heterocycles. The Bertz CT molecular complexity index is 651. The van der Waals surface area contributed by atoms with E-state index in [-0.39, 0.29) is 11.6 Å². The Morgan fingerprint density at radius 2 is 2.15 bits per heavy atom. The standard InChI is InChI=1S/C14H12ClFN2OS/c1-8(18)14(12-4-5-13(15)20-12)19-10-3-2-9(7-17)11(16)6-10/h2-6,8,14H,18H2,1H3. The summed E-state index contributed by atoms with van der Waals surface area (Å²) < 4.78 is 19.9. The molecular formula is C14H12ClFN2OS. The molecule has 0 spiro atoms. The zero-order valence-corrected chi connectivity index (χ0v) is 12.2. The molecule has 0 radical (unpaired) electrons. The van der Waals surface area contributed by atoms with E-state index in [1.165, 1.54) is 23.5 Å². The fourth-order valence-electron chi connectivity index (χ4n) is 1.71. The SMILES string of the molecule is CC(N)C(Oc1ccc(C#N)c(F)c1)c1ccc(Cl)s1. The lowest BCUT2D eigenvalue weighted by Gasteiger charge is -2.21. The predicted octanol–water partition coefficient (Wildman–Crippen LogP) is 3.88. The molecule has 6 heteroatoms. The summed E-state index contributed by atoms with van der Waals surface area (Å²) in [4.78, 5) is 0.870. The van der Waals surface area contributed by atoms with E-state index in [1.807, 2.05) is 6.07 Å². The van der Waals surface area contributed by atoms with Gasteiger partial charge in [-0.2, -0.15) is 5.26 Å². The minimum atomic E-state index is -0.613. The number of hydrogen-bond acceptors (Lipinski definition) is 4. The van der Waals surface area contributed by atoms with Crippen molar-refractivity contribution in [3.63, 3.8) is 0 Å². The van der Waals surface area contributed by atoms with Crippen LogP contribution in [0.15, 0.2) is 30.3 Å². The predicted molar refractivity (Wildman–Crippen MR) is 77.5 cm³/mol. The molecule has 3 nitrogen and oxygen atoms in total. The summed E-state index contributed by atoms with van der Waals surface area (Å²) in [6.07, 6.45) is -0.417. The van der Waals surface area contributed by atoms with E-state index in [1.54, 1.807) is 25.1 Å². The van der Waals surface area contributed by atoms with Gasteiger partial charge in [0.05, 0.1) is 9.90 Å². The molecule has 0 saturated carbocycles. The van der Waals surface area contributed by atoms with Crippen LogP contribution in [0, 0.1) is 17.1 Å². The van der Waals surface area contributed by atoms with Gasteiger partial charge in [0.15, 0.2) is 0 Å². The minimum Gasteiger partial charge on any atom is -0.483 e. The number of halogens is 2. The van der Waals surface area contributed by atoms with E-state index in [4.69, 9.17) is 27.3 Å². The van der Waals surface area contributed by atoms with E-state index in [2.05, 4.69) is 0 Å². The van der Waals surface area contributed by atoms with Gasteiger partial charge in [0.1, 0.15) is 23.7 Å². The Hall–Kier alpha value is -1.61. The van der Waals surface area contributed by atoms with Crippen LogP contribution >= 0.6 is 22.9 Å². The van der Waals surface area contributed by atoms with Gasteiger partial charge in [0, 0.05) is 17.0 Å². The first kappa shape index (κ1) is 14.8. The smallest absolute Gasteiger partial charge is 0.148 e. The maximum atomic E-state index is 13.6. The number of benzene rings is 1. The van der Waals surface area contributed by atoms with Crippen molar-refractivity contribution in [1.29, 1.82) is 5.26 Å². The molecule has 1 aromatic heterocycles. The highest BCUT2D eigenvalue weighted by atomic mass is 35.5. The van der Waals surface area contributed by atoms with Crippen LogP contribution in [0.1, 0.15) is 23.5 Å². The third-order valence-electron chi connectivity index (χ3n) is 2.68. The van der Waals surface area contributed by atoms with Crippen LogP contribution in [-0.4, -0.2) is 6.04 Å². The van der Waals surface area contributed by atoms with Gasteiger partial charge in [-0.15, -0.1) is 11.3 Å². The van der Waals surface area contributed by atoms with Gasteiger partial charge in [-0.3, -0.25) is 0 Å². The quantitative estimate of drug-likeness (QED) is 0.932. The van der Waals surface area contributed by atoms with Crippen molar-refractivity contribution < 1.29 is 9.13 Å². The first-order chi connectivity index (χ1) is 9.51. The Morgan fingerprint density at radius 3 is 2.65 bits per heavy atom. The first-order valence-corrected chi connectivity index (χ1v) is 7.08. The Balaban J connectivity index is 2.25. The van der Waals surface area contributed by atoms with Crippen LogP contribution in [-0.2, 0) is 0 Å². The molecule has 0 bridgehead atoms. The lowest BCUT2D eigenvalue weighted by molar-refractivity contribution is 0.183. The molecule has 0 saturated heterocycles. The molecule has 2 aromatic rings.